The van der Waals surface area contributed by atoms with E-state index < -0.39 is 0 Å². The van der Waals surface area contributed by atoms with Gasteiger partial charge < -0.3 is 14.5 Å². The number of nitrogens with one attached hydrogen (secondary N) is 1. The van der Waals surface area contributed by atoms with Crippen molar-refractivity contribution in [3.05, 3.63) is 227 Å². The minimum atomic E-state index is 0.362. The Morgan fingerprint density at radius 2 is 1.52 bits per heavy atom. The monoisotopic (exact) mass is 804 g/mol. The van der Waals surface area contributed by atoms with Crippen LogP contribution in [0.15, 0.2) is 204 Å². The molecule has 1 unspecified atom stereocenters. The van der Waals surface area contributed by atoms with Gasteiger partial charge in [0.15, 0.2) is 0 Å². The lowest BCUT2D eigenvalue weighted by molar-refractivity contribution is 0.690. The predicted octanol–water partition coefficient (Wildman–Crippen LogP) is 13.9. The molecule has 5 aromatic carbocycles. The molecule has 1 atom stereocenters. The first-order valence-corrected chi connectivity index (χ1v) is 22.1. The van der Waals surface area contributed by atoms with E-state index in [2.05, 4.69) is 203 Å². The summed E-state index contributed by atoms with van der Waals surface area (Å²) >= 11 is 0. The van der Waals surface area contributed by atoms with Crippen LogP contribution in [0.3, 0.4) is 0 Å². The normalized spacial score (nSPS) is 16.6. The van der Waals surface area contributed by atoms with Crippen LogP contribution in [0.2, 0.25) is 0 Å². The molecule has 10 rings (SSSR count). The molecule has 0 saturated carbocycles. The Hall–Kier alpha value is -7.17. The van der Waals surface area contributed by atoms with Gasteiger partial charge in [-0.15, -0.1) is 0 Å². The van der Waals surface area contributed by atoms with Crippen LogP contribution in [-0.4, -0.2) is 21.9 Å². The molecule has 0 bridgehead atoms. The highest BCUT2D eigenvalue weighted by atomic mass is 15.0. The lowest BCUT2D eigenvalue weighted by Gasteiger charge is -2.25. The zero-order valence-corrected chi connectivity index (χ0v) is 35.6. The Kier molecular flexibility index (Phi) is 11.0. The largest absolute Gasteiger partial charge is 0.393 e. The number of fused-ring (bicyclic) bond motifs is 6. The van der Waals surface area contributed by atoms with Crippen LogP contribution in [0.5, 0.6) is 0 Å². The quantitative estimate of drug-likeness (QED) is 0.103. The molecule has 0 aliphatic heterocycles. The number of benzene rings is 5. The maximum absolute atomic E-state index is 5.28. The van der Waals surface area contributed by atoms with Gasteiger partial charge in [-0.3, -0.25) is 4.99 Å². The molecule has 7 aromatic rings. The molecule has 0 fully saturated rings. The molecule has 0 saturated heterocycles. The predicted molar refractivity (Wildman–Crippen MR) is 263 cm³/mol. The second-order valence-corrected chi connectivity index (χ2v) is 16.5. The molecule has 0 radical (unpaired) electrons. The van der Waals surface area contributed by atoms with Gasteiger partial charge in [0.05, 0.1) is 23.3 Å². The molecule has 3 aliphatic rings. The first kappa shape index (κ1) is 39.0. The summed E-state index contributed by atoms with van der Waals surface area (Å²) in [7, 11) is 1.95. The van der Waals surface area contributed by atoms with E-state index in [0.29, 0.717) is 12.5 Å². The summed E-state index contributed by atoms with van der Waals surface area (Å²) < 4.78 is 4.96. The molecule has 4 nitrogen and oxygen atoms in total. The number of rotatable bonds is 11. The van der Waals surface area contributed by atoms with Gasteiger partial charge in [-0.2, -0.15) is 0 Å². The molecule has 304 valence electrons. The number of para-hydroxylation sites is 3. The molecule has 2 heterocycles. The molecule has 62 heavy (non-hydrogen) atoms. The summed E-state index contributed by atoms with van der Waals surface area (Å²) in [4.78, 5) is 5.28. The highest BCUT2D eigenvalue weighted by molar-refractivity contribution is 6.14. The van der Waals surface area contributed by atoms with Crippen molar-refractivity contribution in [1.29, 1.82) is 0 Å². The van der Waals surface area contributed by atoms with E-state index in [-0.39, 0.29) is 0 Å². The van der Waals surface area contributed by atoms with Gasteiger partial charge in [0, 0.05) is 63.8 Å². The first-order chi connectivity index (χ1) is 30.7. The van der Waals surface area contributed by atoms with E-state index in [1.54, 1.807) is 0 Å². The van der Waals surface area contributed by atoms with Crippen LogP contribution >= 0.6 is 0 Å². The van der Waals surface area contributed by atoms with Gasteiger partial charge in [-0.05, 0) is 115 Å². The maximum atomic E-state index is 5.28. The smallest absolute Gasteiger partial charge is 0.0697 e. The summed E-state index contributed by atoms with van der Waals surface area (Å²) in [6, 6.07) is 46.7. The summed E-state index contributed by atoms with van der Waals surface area (Å²) in [6.07, 6.45) is 29.4. The number of hydrogen-bond acceptors (Lipinski definition) is 2. The van der Waals surface area contributed by atoms with Crippen molar-refractivity contribution in [1.82, 2.24) is 14.5 Å². The zero-order chi connectivity index (χ0) is 41.8. The van der Waals surface area contributed by atoms with Crippen LogP contribution in [0.25, 0.3) is 56.5 Å². The summed E-state index contributed by atoms with van der Waals surface area (Å²) in [5.74, 6) is 0.362. The highest BCUT2D eigenvalue weighted by Gasteiger charge is 2.28. The fourth-order valence-electron chi connectivity index (χ4n) is 9.80. The molecule has 0 spiro atoms. The molecular weight excluding hydrogens is 753 g/mol. The molecule has 1 N–H and O–H groups in total. The Bertz CT molecular complexity index is 3060. The third-order valence-electron chi connectivity index (χ3n) is 12.7. The number of nitrogens with zero attached hydrogens (tertiary/aromatic N) is 3. The van der Waals surface area contributed by atoms with Crippen molar-refractivity contribution in [3.8, 4) is 22.5 Å². The van der Waals surface area contributed by atoms with E-state index in [9.17, 15) is 0 Å². The fourth-order valence-corrected chi connectivity index (χ4v) is 9.80. The van der Waals surface area contributed by atoms with Gasteiger partial charge >= 0.3 is 0 Å². The van der Waals surface area contributed by atoms with Crippen LogP contribution in [-0.2, 0) is 19.4 Å². The Labute approximate surface area is 365 Å². The number of aliphatic imine (C=N–C) groups is 1. The van der Waals surface area contributed by atoms with Crippen LogP contribution in [0.4, 0.5) is 0 Å². The molecule has 4 heteroatoms. The Morgan fingerprint density at radius 1 is 0.758 bits per heavy atom. The number of aromatic nitrogens is 2. The second kappa shape index (κ2) is 17.4. The Balaban J connectivity index is 0.965. The van der Waals surface area contributed by atoms with Crippen molar-refractivity contribution in [3.63, 3.8) is 0 Å². The van der Waals surface area contributed by atoms with E-state index in [4.69, 9.17) is 4.99 Å². The van der Waals surface area contributed by atoms with Crippen LogP contribution in [0.1, 0.15) is 54.3 Å². The molecule has 0 amide bonds. The van der Waals surface area contributed by atoms with Crippen molar-refractivity contribution >= 4 is 39.7 Å². The van der Waals surface area contributed by atoms with E-state index >= 15 is 0 Å². The first-order valence-electron chi connectivity index (χ1n) is 22.1. The van der Waals surface area contributed by atoms with Gasteiger partial charge in [0.25, 0.3) is 0 Å². The lowest BCUT2D eigenvalue weighted by Crippen LogP contribution is -2.14. The third-order valence-corrected chi connectivity index (χ3v) is 12.7. The van der Waals surface area contributed by atoms with Gasteiger partial charge in [-0.1, -0.05) is 145 Å². The minimum Gasteiger partial charge on any atom is -0.393 e. The minimum absolute atomic E-state index is 0.362. The topological polar surface area (TPSA) is 34.2 Å². The fraction of sp³-hybridized carbons (Fsp3) is 0.155. The van der Waals surface area contributed by atoms with E-state index in [1.807, 2.05) is 20.0 Å². The lowest BCUT2D eigenvalue weighted by atomic mass is 9.81. The molecular formula is C58H52N4. The van der Waals surface area contributed by atoms with E-state index in [1.165, 1.54) is 83.5 Å². The average molecular weight is 805 g/mol. The van der Waals surface area contributed by atoms with Crippen molar-refractivity contribution in [2.24, 2.45) is 10.9 Å². The van der Waals surface area contributed by atoms with E-state index in [0.717, 1.165) is 43.4 Å². The highest BCUT2D eigenvalue weighted by Crippen LogP contribution is 2.42. The van der Waals surface area contributed by atoms with Crippen LogP contribution < -0.4 is 5.32 Å². The zero-order valence-electron chi connectivity index (χ0n) is 35.6. The van der Waals surface area contributed by atoms with Crippen LogP contribution in [0, 0.1) is 5.92 Å². The van der Waals surface area contributed by atoms with Gasteiger partial charge in [0.1, 0.15) is 0 Å². The van der Waals surface area contributed by atoms with Gasteiger partial charge in [0.2, 0.25) is 0 Å². The molecule has 3 aliphatic carbocycles. The summed E-state index contributed by atoms with van der Waals surface area (Å²) in [6.45, 7) is 2.63. The van der Waals surface area contributed by atoms with Crippen molar-refractivity contribution in [2.45, 2.75) is 45.6 Å². The maximum Gasteiger partial charge on any atom is 0.0697 e. The van der Waals surface area contributed by atoms with Gasteiger partial charge in [-0.25, -0.2) is 0 Å². The van der Waals surface area contributed by atoms with Crippen molar-refractivity contribution < 1.29 is 0 Å². The summed E-state index contributed by atoms with van der Waals surface area (Å²) in [5.41, 5.74) is 19.0. The molecule has 2 aromatic heterocycles. The Morgan fingerprint density at radius 3 is 2.32 bits per heavy atom. The third kappa shape index (κ3) is 7.47. The number of hydrogen-bond donors (Lipinski definition) is 1. The standard InChI is InChI=1S/C58H52N4/c1-3-4-7-21-47(40-59-2)58(42-19-8-5-9-20-42)60-39-41-18-16-22-43(35-41)44-23-17-26-49(36-44)62-55-30-15-13-28-51(55)53-38-46(32-34-57(53)62)45-31-33-56-52(37-45)50-27-12-14-29-54(50)61(56)48-24-10-6-11-25-48/h3-8,10-19,21-31,33,35-36,38,40,45,59H,9,20,32,34,37,39H2,1-2H3/b4-3-,21-7-,47-40-,60-58-. The average Bonchev–Trinajstić information content (AvgIpc) is 3.85. The SMILES string of the molecule is C\C=C/C=C\C(=C\NC)C(=N/Cc1cccc(-c2cccc(-n3c4c(c5ccccc53)C=C(C3C=Cc5c(c6ccccc6n5-c5ccccc5)C3)CC4)c2)c1)\C1=CC=CCC1. The summed E-state index contributed by atoms with van der Waals surface area (Å²) in [5, 5.41) is 5.92. The van der Waals surface area contributed by atoms with Crippen molar-refractivity contribution in [2.75, 3.05) is 7.05 Å². The number of allylic oxidation sites excluding steroid dienone is 11. The second-order valence-electron chi connectivity index (χ2n) is 16.5.